The van der Waals surface area contributed by atoms with Crippen LogP contribution in [0.1, 0.15) is 0 Å². The molecule has 7 aromatic carbocycles. The molecule has 0 saturated heterocycles. The predicted molar refractivity (Wildman–Crippen MR) is 190 cm³/mol. The standard InChI is InChI=1S/C42H27NS/c1-2-11-28(12-3-1)31-25-26-39-36(27-31)34-14-5-8-18-38(34)43(39)37-17-7-4-13-32(37)29-21-23-30(24-22-29)33-16-10-20-41-42(33)35-15-6-9-19-40(35)44-41/h1-27H. The van der Waals surface area contributed by atoms with Gasteiger partial charge in [0.2, 0.25) is 0 Å². The number of para-hydroxylation sites is 2. The first-order chi connectivity index (χ1) is 21.8. The summed E-state index contributed by atoms with van der Waals surface area (Å²) in [6.07, 6.45) is 0. The maximum Gasteiger partial charge on any atom is 0.0541 e. The third kappa shape index (κ3) is 3.92. The topological polar surface area (TPSA) is 4.93 Å². The zero-order valence-corrected chi connectivity index (χ0v) is 24.8. The first-order valence-electron chi connectivity index (χ1n) is 15.0. The molecule has 206 valence electrons. The number of nitrogens with zero attached hydrogens (tertiary/aromatic N) is 1. The summed E-state index contributed by atoms with van der Waals surface area (Å²) >= 11 is 1.87. The molecule has 0 aliphatic heterocycles. The van der Waals surface area contributed by atoms with Crippen molar-refractivity contribution in [1.82, 2.24) is 4.57 Å². The average molecular weight is 578 g/mol. The van der Waals surface area contributed by atoms with Gasteiger partial charge in [-0.25, -0.2) is 0 Å². The highest BCUT2D eigenvalue weighted by Gasteiger charge is 2.17. The summed E-state index contributed by atoms with van der Waals surface area (Å²) in [4.78, 5) is 0. The predicted octanol–water partition coefficient (Wildman–Crippen LogP) is 12.2. The van der Waals surface area contributed by atoms with Crippen LogP contribution in [0.3, 0.4) is 0 Å². The number of hydrogen-bond acceptors (Lipinski definition) is 1. The van der Waals surface area contributed by atoms with E-state index in [-0.39, 0.29) is 0 Å². The Balaban J connectivity index is 1.19. The minimum absolute atomic E-state index is 1.19. The highest BCUT2D eigenvalue weighted by atomic mass is 32.1. The third-order valence-corrected chi connectivity index (χ3v) is 9.97. The average Bonchev–Trinajstić information content (AvgIpc) is 3.64. The number of benzene rings is 7. The minimum Gasteiger partial charge on any atom is -0.309 e. The molecule has 0 saturated carbocycles. The van der Waals surface area contributed by atoms with Crippen LogP contribution in [0.15, 0.2) is 164 Å². The van der Waals surface area contributed by atoms with E-state index < -0.39 is 0 Å². The first-order valence-corrected chi connectivity index (χ1v) is 15.8. The molecule has 9 rings (SSSR count). The van der Waals surface area contributed by atoms with E-state index in [0.29, 0.717) is 0 Å². The second-order valence-corrected chi connectivity index (χ2v) is 12.4. The number of hydrogen-bond donors (Lipinski definition) is 0. The molecule has 9 aromatic rings. The Kier molecular flexibility index (Phi) is 5.75. The summed E-state index contributed by atoms with van der Waals surface area (Å²) in [6.45, 7) is 0. The number of rotatable bonds is 4. The van der Waals surface area contributed by atoms with Crippen LogP contribution < -0.4 is 0 Å². The second kappa shape index (κ2) is 10.1. The third-order valence-electron chi connectivity index (χ3n) is 8.83. The summed E-state index contributed by atoms with van der Waals surface area (Å²) in [5.74, 6) is 0. The summed E-state index contributed by atoms with van der Waals surface area (Å²) in [5, 5.41) is 5.21. The van der Waals surface area contributed by atoms with Gasteiger partial charge < -0.3 is 4.57 Å². The summed E-state index contributed by atoms with van der Waals surface area (Å²) in [5.41, 5.74) is 11.0. The van der Waals surface area contributed by atoms with Crippen LogP contribution in [0, 0.1) is 0 Å². The van der Waals surface area contributed by atoms with Crippen molar-refractivity contribution < 1.29 is 0 Å². The van der Waals surface area contributed by atoms with Crippen LogP contribution in [-0.4, -0.2) is 4.57 Å². The molecule has 0 bridgehead atoms. The lowest BCUT2D eigenvalue weighted by Crippen LogP contribution is -1.97. The van der Waals surface area contributed by atoms with Crippen LogP contribution in [0.4, 0.5) is 0 Å². The fraction of sp³-hybridized carbons (Fsp3) is 0. The normalized spacial score (nSPS) is 11.6. The molecule has 0 amide bonds. The lowest BCUT2D eigenvalue weighted by Gasteiger charge is -2.15. The van der Waals surface area contributed by atoms with E-state index in [9.17, 15) is 0 Å². The van der Waals surface area contributed by atoms with Gasteiger partial charge in [-0.15, -0.1) is 11.3 Å². The van der Waals surface area contributed by atoms with Crippen LogP contribution >= 0.6 is 11.3 Å². The molecule has 2 heterocycles. The molecule has 0 N–H and O–H groups in total. The Morgan fingerprint density at radius 3 is 1.84 bits per heavy atom. The van der Waals surface area contributed by atoms with Crippen molar-refractivity contribution in [2.75, 3.05) is 0 Å². The molecule has 0 fully saturated rings. The van der Waals surface area contributed by atoms with E-state index in [1.807, 2.05) is 11.3 Å². The molecule has 0 radical (unpaired) electrons. The van der Waals surface area contributed by atoms with Crippen LogP contribution in [-0.2, 0) is 0 Å². The summed E-state index contributed by atoms with van der Waals surface area (Å²) in [7, 11) is 0. The van der Waals surface area contributed by atoms with Gasteiger partial charge in [0.25, 0.3) is 0 Å². The molecule has 44 heavy (non-hydrogen) atoms. The Labute approximate surface area is 259 Å². The largest absolute Gasteiger partial charge is 0.309 e. The maximum absolute atomic E-state index is 2.43. The van der Waals surface area contributed by atoms with Crippen molar-refractivity contribution in [2.45, 2.75) is 0 Å². The van der Waals surface area contributed by atoms with Crippen LogP contribution in [0.2, 0.25) is 0 Å². The molecular weight excluding hydrogens is 551 g/mol. The van der Waals surface area contributed by atoms with E-state index in [2.05, 4.69) is 168 Å². The number of aromatic nitrogens is 1. The highest BCUT2D eigenvalue weighted by molar-refractivity contribution is 7.25. The first kappa shape index (κ1) is 25.1. The lowest BCUT2D eigenvalue weighted by atomic mass is 9.96. The molecule has 0 spiro atoms. The Morgan fingerprint density at radius 1 is 0.364 bits per heavy atom. The molecule has 2 aromatic heterocycles. The van der Waals surface area contributed by atoms with Gasteiger partial charge in [0, 0.05) is 36.5 Å². The van der Waals surface area contributed by atoms with Crippen molar-refractivity contribution in [3.8, 4) is 39.1 Å². The second-order valence-electron chi connectivity index (χ2n) is 11.3. The highest BCUT2D eigenvalue weighted by Crippen LogP contribution is 2.41. The van der Waals surface area contributed by atoms with E-state index in [0.717, 1.165) is 0 Å². The van der Waals surface area contributed by atoms with Crippen molar-refractivity contribution in [2.24, 2.45) is 0 Å². The van der Waals surface area contributed by atoms with Crippen LogP contribution in [0.25, 0.3) is 81.0 Å². The Bertz CT molecular complexity index is 2480. The fourth-order valence-corrected chi connectivity index (χ4v) is 7.93. The van der Waals surface area contributed by atoms with Gasteiger partial charge in [-0.1, -0.05) is 127 Å². The van der Waals surface area contributed by atoms with E-state index >= 15 is 0 Å². The van der Waals surface area contributed by atoms with Gasteiger partial charge in [-0.3, -0.25) is 0 Å². The van der Waals surface area contributed by atoms with Crippen molar-refractivity contribution >= 4 is 53.3 Å². The molecule has 1 nitrogen and oxygen atoms in total. The molecule has 0 aliphatic carbocycles. The van der Waals surface area contributed by atoms with Gasteiger partial charge in [0.05, 0.1) is 16.7 Å². The zero-order chi connectivity index (χ0) is 29.0. The SMILES string of the molecule is c1ccc(-c2ccc3c(c2)c2ccccc2n3-c2ccccc2-c2ccc(-c3cccc4sc5ccccc5c34)cc2)cc1. The zero-order valence-electron chi connectivity index (χ0n) is 23.9. The summed E-state index contributed by atoms with van der Waals surface area (Å²) in [6, 6.07) is 59.6. The van der Waals surface area contributed by atoms with Crippen molar-refractivity contribution in [3.63, 3.8) is 0 Å². The van der Waals surface area contributed by atoms with Gasteiger partial charge in [0.15, 0.2) is 0 Å². The Hall–Kier alpha value is -5.44. The quantitative estimate of drug-likeness (QED) is 0.196. The van der Waals surface area contributed by atoms with Gasteiger partial charge in [-0.05, 0) is 64.2 Å². The fourth-order valence-electron chi connectivity index (χ4n) is 6.80. The number of thiophene rings is 1. The van der Waals surface area contributed by atoms with E-state index in [4.69, 9.17) is 0 Å². The van der Waals surface area contributed by atoms with Gasteiger partial charge >= 0.3 is 0 Å². The van der Waals surface area contributed by atoms with Crippen LogP contribution in [0.5, 0.6) is 0 Å². The molecular formula is C42H27NS. The monoisotopic (exact) mass is 577 g/mol. The maximum atomic E-state index is 2.43. The van der Waals surface area contributed by atoms with E-state index in [1.165, 1.54) is 81.0 Å². The van der Waals surface area contributed by atoms with Crippen molar-refractivity contribution in [3.05, 3.63) is 164 Å². The minimum atomic E-state index is 1.19. The molecule has 2 heteroatoms. The molecule has 0 atom stereocenters. The lowest BCUT2D eigenvalue weighted by molar-refractivity contribution is 1.18. The van der Waals surface area contributed by atoms with E-state index in [1.54, 1.807) is 0 Å². The number of fused-ring (bicyclic) bond motifs is 6. The van der Waals surface area contributed by atoms with Gasteiger partial charge in [0.1, 0.15) is 0 Å². The summed E-state index contributed by atoms with van der Waals surface area (Å²) < 4.78 is 5.10. The Morgan fingerprint density at radius 2 is 0.977 bits per heavy atom. The van der Waals surface area contributed by atoms with Gasteiger partial charge in [-0.2, -0.15) is 0 Å². The molecule has 0 unspecified atom stereocenters. The molecule has 0 aliphatic rings. The van der Waals surface area contributed by atoms with Crippen molar-refractivity contribution in [1.29, 1.82) is 0 Å². The smallest absolute Gasteiger partial charge is 0.0541 e.